The molecule has 0 bridgehead atoms. The van der Waals surface area contributed by atoms with Crippen LogP contribution in [0.3, 0.4) is 0 Å². The molecule has 0 aliphatic carbocycles. The van der Waals surface area contributed by atoms with Crippen LogP contribution in [0.15, 0.2) is 29.6 Å². The number of ether oxygens (including phenoxy) is 1. The van der Waals surface area contributed by atoms with E-state index in [1.54, 1.807) is 7.11 Å². The zero-order chi connectivity index (χ0) is 13.7. The van der Waals surface area contributed by atoms with Gasteiger partial charge in [0.25, 0.3) is 0 Å². The number of benzene rings is 1. The molecule has 1 amide bonds. The lowest BCUT2D eigenvalue weighted by molar-refractivity contribution is -0.120. The number of nitrogens with one attached hydrogen (secondary N) is 1. The van der Waals surface area contributed by atoms with Crippen molar-refractivity contribution in [3.8, 4) is 5.75 Å². The first kappa shape index (κ1) is 13.5. The van der Waals surface area contributed by atoms with Crippen molar-refractivity contribution in [3.63, 3.8) is 0 Å². The molecule has 0 fully saturated rings. The van der Waals surface area contributed by atoms with Crippen LogP contribution < -0.4 is 10.1 Å². The van der Waals surface area contributed by atoms with Gasteiger partial charge in [0.2, 0.25) is 5.91 Å². The van der Waals surface area contributed by atoms with Crippen molar-refractivity contribution < 1.29 is 9.53 Å². The molecule has 0 aliphatic heterocycles. The number of aryl methyl sites for hydroxylation is 1. The van der Waals surface area contributed by atoms with E-state index in [0.29, 0.717) is 13.0 Å². The fourth-order valence-electron chi connectivity index (χ4n) is 1.63. The first-order chi connectivity index (χ1) is 9.17. The van der Waals surface area contributed by atoms with Gasteiger partial charge in [0, 0.05) is 17.6 Å². The maximum Gasteiger partial charge on any atom is 0.227 e. The van der Waals surface area contributed by atoms with Crippen molar-refractivity contribution >= 4 is 17.2 Å². The molecule has 2 aromatic rings. The summed E-state index contributed by atoms with van der Waals surface area (Å²) in [6, 6.07) is 7.64. The number of carbonyl (C=O) groups is 1. The van der Waals surface area contributed by atoms with Crippen LogP contribution in [0.4, 0.5) is 0 Å². The zero-order valence-corrected chi connectivity index (χ0v) is 11.8. The number of hydrogen-bond donors (Lipinski definition) is 1. The third-order valence-corrected chi connectivity index (χ3v) is 3.59. The molecule has 19 heavy (non-hydrogen) atoms. The highest BCUT2D eigenvalue weighted by molar-refractivity contribution is 7.09. The van der Waals surface area contributed by atoms with Crippen molar-refractivity contribution in [2.24, 2.45) is 0 Å². The summed E-state index contributed by atoms with van der Waals surface area (Å²) in [5, 5.41) is 5.68. The third-order valence-electron chi connectivity index (χ3n) is 2.63. The van der Waals surface area contributed by atoms with Gasteiger partial charge in [0.15, 0.2) is 0 Å². The molecule has 0 aliphatic rings. The van der Waals surface area contributed by atoms with Crippen LogP contribution in [0.1, 0.15) is 16.3 Å². The Bertz CT molecular complexity index is 549. The maximum atomic E-state index is 11.7. The van der Waals surface area contributed by atoms with Gasteiger partial charge in [-0.1, -0.05) is 12.1 Å². The normalized spacial score (nSPS) is 10.2. The zero-order valence-electron chi connectivity index (χ0n) is 11.0. The fraction of sp³-hybridized carbons (Fsp3) is 0.286. The third kappa shape index (κ3) is 4.06. The summed E-state index contributed by atoms with van der Waals surface area (Å²) in [5.74, 6) is 0.804. The standard InChI is InChI=1S/C14H16N2O2S/c1-10-9-19-14(16-10)7-13(17)15-8-11-3-5-12(18-2)6-4-11/h3-6,9H,7-8H2,1-2H3,(H,15,17). The molecule has 0 unspecified atom stereocenters. The van der Waals surface area contributed by atoms with E-state index in [4.69, 9.17) is 4.74 Å². The number of thiazole rings is 1. The van der Waals surface area contributed by atoms with Gasteiger partial charge in [0.1, 0.15) is 10.8 Å². The summed E-state index contributed by atoms with van der Waals surface area (Å²) in [7, 11) is 1.63. The van der Waals surface area contributed by atoms with Crippen molar-refractivity contribution in [2.45, 2.75) is 19.9 Å². The largest absolute Gasteiger partial charge is 0.497 e. The molecule has 2 rings (SSSR count). The molecule has 0 atom stereocenters. The van der Waals surface area contributed by atoms with Gasteiger partial charge in [-0.15, -0.1) is 11.3 Å². The molecule has 0 saturated carbocycles. The molecule has 1 aromatic carbocycles. The van der Waals surface area contributed by atoms with E-state index in [0.717, 1.165) is 22.0 Å². The number of methoxy groups -OCH3 is 1. The van der Waals surface area contributed by atoms with Gasteiger partial charge in [0.05, 0.1) is 13.5 Å². The van der Waals surface area contributed by atoms with Crippen molar-refractivity contribution in [2.75, 3.05) is 7.11 Å². The van der Waals surface area contributed by atoms with Crippen LogP contribution in [0.2, 0.25) is 0 Å². The van der Waals surface area contributed by atoms with Crippen molar-refractivity contribution in [1.82, 2.24) is 10.3 Å². The first-order valence-electron chi connectivity index (χ1n) is 5.98. The van der Waals surface area contributed by atoms with Crippen LogP contribution >= 0.6 is 11.3 Å². The van der Waals surface area contributed by atoms with E-state index in [1.165, 1.54) is 11.3 Å². The predicted molar refractivity (Wildman–Crippen MR) is 75.4 cm³/mol. The Labute approximate surface area is 116 Å². The van der Waals surface area contributed by atoms with Gasteiger partial charge in [-0.2, -0.15) is 0 Å². The molecule has 0 saturated heterocycles. The quantitative estimate of drug-likeness (QED) is 0.911. The number of nitrogens with zero attached hydrogens (tertiary/aromatic N) is 1. The van der Waals surface area contributed by atoms with E-state index in [2.05, 4.69) is 10.3 Å². The Hall–Kier alpha value is -1.88. The first-order valence-corrected chi connectivity index (χ1v) is 6.86. The van der Waals surface area contributed by atoms with Crippen molar-refractivity contribution in [3.05, 3.63) is 45.9 Å². The van der Waals surface area contributed by atoms with E-state index < -0.39 is 0 Å². The molecular weight excluding hydrogens is 260 g/mol. The number of carbonyl (C=O) groups excluding carboxylic acids is 1. The summed E-state index contributed by atoms with van der Waals surface area (Å²) in [4.78, 5) is 16.0. The van der Waals surface area contributed by atoms with Crippen LogP contribution in [0.25, 0.3) is 0 Å². The Kier molecular flexibility index (Phi) is 4.52. The average Bonchev–Trinajstić information content (AvgIpc) is 2.82. The fourth-order valence-corrected chi connectivity index (χ4v) is 2.40. The minimum Gasteiger partial charge on any atom is -0.497 e. The maximum absolute atomic E-state index is 11.7. The average molecular weight is 276 g/mol. The smallest absolute Gasteiger partial charge is 0.227 e. The summed E-state index contributed by atoms with van der Waals surface area (Å²) in [5.41, 5.74) is 2.01. The molecule has 100 valence electrons. The Morgan fingerprint density at radius 1 is 1.37 bits per heavy atom. The lowest BCUT2D eigenvalue weighted by Crippen LogP contribution is -2.24. The number of hydrogen-bond acceptors (Lipinski definition) is 4. The molecule has 0 spiro atoms. The van der Waals surface area contributed by atoms with Gasteiger partial charge >= 0.3 is 0 Å². The van der Waals surface area contributed by atoms with Gasteiger partial charge in [-0.3, -0.25) is 4.79 Å². The summed E-state index contributed by atoms with van der Waals surface area (Å²) in [6.07, 6.45) is 0.342. The van der Waals surface area contributed by atoms with Crippen LogP contribution in [-0.2, 0) is 17.8 Å². The van der Waals surface area contributed by atoms with E-state index in [9.17, 15) is 4.79 Å². The topological polar surface area (TPSA) is 51.2 Å². The lowest BCUT2D eigenvalue weighted by atomic mass is 10.2. The molecular formula is C14H16N2O2S. The van der Waals surface area contributed by atoms with Gasteiger partial charge < -0.3 is 10.1 Å². The molecule has 1 N–H and O–H groups in total. The van der Waals surface area contributed by atoms with Crippen LogP contribution in [0, 0.1) is 6.92 Å². The second-order valence-corrected chi connectivity index (χ2v) is 5.13. The highest BCUT2D eigenvalue weighted by atomic mass is 32.1. The minimum atomic E-state index is -0.00910. The van der Waals surface area contributed by atoms with Crippen LogP contribution in [0.5, 0.6) is 5.75 Å². The molecule has 1 heterocycles. The molecule has 5 heteroatoms. The second kappa shape index (κ2) is 6.33. The Morgan fingerprint density at radius 3 is 2.68 bits per heavy atom. The number of aromatic nitrogens is 1. The highest BCUT2D eigenvalue weighted by Crippen LogP contribution is 2.11. The molecule has 4 nitrogen and oxygen atoms in total. The van der Waals surface area contributed by atoms with Crippen LogP contribution in [-0.4, -0.2) is 18.0 Å². The number of rotatable bonds is 5. The summed E-state index contributed by atoms with van der Waals surface area (Å²) in [6.45, 7) is 2.45. The minimum absolute atomic E-state index is 0.00910. The molecule has 1 aromatic heterocycles. The Morgan fingerprint density at radius 2 is 2.11 bits per heavy atom. The van der Waals surface area contributed by atoms with E-state index in [-0.39, 0.29) is 5.91 Å². The van der Waals surface area contributed by atoms with Crippen molar-refractivity contribution in [1.29, 1.82) is 0 Å². The lowest BCUT2D eigenvalue weighted by Gasteiger charge is -2.05. The van der Waals surface area contributed by atoms with E-state index >= 15 is 0 Å². The van der Waals surface area contributed by atoms with Gasteiger partial charge in [-0.05, 0) is 24.6 Å². The predicted octanol–water partition coefficient (Wildman–Crippen LogP) is 2.32. The highest BCUT2D eigenvalue weighted by Gasteiger charge is 2.06. The van der Waals surface area contributed by atoms with Gasteiger partial charge in [-0.25, -0.2) is 4.98 Å². The Balaban J connectivity index is 1.82. The molecule has 0 radical (unpaired) electrons. The summed E-state index contributed by atoms with van der Waals surface area (Å²) < 4.78 is 5.08. The second-order valence-electron chi connectivity index (χ2n) is 4.18. The summed E-state index contributed by atoms with van der Waals surface area (Å²) >= 11 is 1.52. The van der Waals surface area contributed by atoms with E-state index in [1.807, 2.05) is 36.6 Å². The number of amides is 1. The monoisotopic (exact) mass is 276 g/mol. The SMILES string of the molecule is COc1ccc(CNC(=O)Cc2nc(C)cs2)cc1.